The molecule has 1 aliphatic rings. The van der Waals surface area contributed by atoms with Gasteiger partial charge in [-0.15, -0.1) is 17.0 Å². The molecular formula is C26H35BrFN3O4. The van der Waals surface area contributed by atoms with Crippen LogP contribution in [-0.2, 0) is 12.0 Å². The molecule has 0 amide bonds. The first-order valence-electron chi connectivity index (χ1n) is 11.2. The number of carbonyl (C=O) groups is 1. The fourth-order valence-corrected chi connectivity index (χ4v) is 4.22. The standard InChI is InChI=1S/C26H34FN3O4.BrH/c1-9-29(5)18-11-15(10-17(23(18)33-7)26(2,3)4)19(31)14-30-13-16-12-20(32-6)24(34-8)22(27)21(16)25(30)28;/h10-12,28H,9,13-14H2,1-8H3;1H. The fourth-order valence-electron chi connectivity index (χ4n) is 4.22. The number of ketones is 1. The Bertz CT molecular complexity index is 1130. The van der Waals surface area contributed by atoms with Crippen LogP contribution in [0.2, 0.25) is 0 Å². The van der Waals surface area contributed by atoms with Crippen molar-refractivity contribution >= 4 is 34.3 Å². The molecule has 0 atom stereocenters. The summed E-state index contributed by atoms with van der Waals surface area (Å²) < 4.78 is 31.2. The largest absolute Gasteiger partial charge is 0.494 e. The van der Waals surface area contributed by atoms with Gasteiger partial charge in [0.05, 0.1) is 39.1 Å². The maximum absolute atomic E-state index is 15.1. The van der Waals surface area contributed by atoms with Crippen molar-refractivity contribution in [1.29, 1.82) is 5.41 Å². The lowest BCUT2D eigenvalue weighted by molar-refractivity contribution is 0.0962. The van der Waals surface area contributed by atoms with Crippen molar-refractivity contribution in [2.75, 3.05) is 46.4 Å². The molecule has 1 aliphatic heterocycles. The Kier molecular flexibility index (Phi) is 8.81. The molecule has 0 saturated heterocycles. The molecule has 0 radical (unpaired) electrons. The Labute approximate surface area is 217 Å². The zero-order valence-electron chi connectivity index (χ0n) is 21.7. The van der Waals surface area contributed by atoms with Gasteiger partial charge in [-0.1, -0.05) is 20.8 Å². The number of Topliss-reactive ketones (excluding diaryl/α,β-unsaturated/α-hetero) is 1. The molecular weight excluding hydrogens is 517 g/mol. The van der Waals surface area contributed by atoms with E-state index in [-0.39, 0.29) is 64.2 Å². The number of hydrogen-bond acceptors (Lipinski definition) is 6. The predicted molar refractivity (Wildman–Crippen MR) is 142 cm³/mol. The number of carbonyl (C=O) groups excluding carboxylic acids is 1. The zero-order chi connectivity index (χ0) is 25.4. The molecule has 0 fully saturated rings. The smallest absolute Gasteiger partial charge is 0.197 e. The van der Waals surface area contributed by atoms with Crippen LogP contribution in [-0.4, -0.2) is 58.0 Å². The minimum absolute atomic E-state index is 0. The van der Waals surface area contributed by atoms with Crippen molar-refractivity contribution in [3.8, 4) is 17.2 Å². The van der Waals surface area contributed by atoms with E-state index in [1.54, 1.807) is 18.1 Å². The summed E-state index contributed by atoms with van der Waals surface area (Å²) >= 11 is 0. The molecule has 2 aromatic carbocycles. The second kappa shape index (κ2) is 10.8. The fraction of sp³-hybridized carbons (Fsp3) is 0.462. The van der Waals surface area contributed by atoms with Gasteiger partial charge in [-0.2, -0.15) is 0 Å². The van der Waals surface area contributed by atoms with Gasteiger partial charge < -0.3 is 24.0 Å². The van der Waals surface area contributed by atoms with Crippen molar-refractivity contribution in [1.82, 2.24) is 4.90 Å². The van der Waals surface area contributed by atoms with Crippen LogP contribution in [0.15, 0.2) is 18.2 Å². The number of rotatable bonds is 8. The van der Waals surface area contributed by atoms with Gasteiger partial charge in [-0.05, 0) is 36.1 Å². The molecule has 2 aromatic rings. The molecule has 9 heteroatoms. The maximum atomic E-state index is 15.1. The molecule has 0 aromatic heterocycles. The average Bonchev–Trinajstić information content (AvgIpc) is 3.11. The lowest BCUT2D eigenvalue weighted by atomic mass is 9.84. The Morgan fingerprint density at radius 3 is 2.26 bits per heavy atom. The highest BCUT2D eigenvalue weighted by Crippen LogP contribution is 2.41. The van der Waals surface area contributed by atoms with Crippen LogP contribution < -0.4 is 19.1 Å². The SMILES string of the molecule is Br.CCN(C)c1cc(C(=O)CN2Cc3cc(OC)c(OC)c(F)c3C2=N)cc(C(C)(C)C)c1OC. The quantitative estimate of drug-likeness (QED) is 0.454. The Morgan fingerprint density at radius 1 is 1.11 bits per heavy atom. The van der Waals surface area contributed by atoms with Gasteiger partial charge >= 0.3 is 0 Å². The summed E-state index contributed by atoms with van der Waals surface area (Å²) in [5.74, 6) is 0.112. The third-order valence-corrected chi connectivity index (χ3v) is 6.23. The Balaban J connectivity index is 0.00000432. The Hall–Kier alpha value is -2.81. The van der Waals surface area contributed by atoms with Gasteiger partial charge in [0.1, 0.15) is 11.6 Å². The predicted octanol–water partition coefficient (Wildman–Crippen LogP) is 5.21. The first-order chi connectivity index (χ1) is 16.0. The molecule has 1 N–H and O–H groups in total. The molecule has 192 valence electrons. The maximum Gasteiger partial charge on any atom is 0.197 e. The summed E-state index contributed by atoms with van der Waals surface area (Å²) in [6.45, 7) is 9.18. The van der Waals surface area contributed by atoms with E-state index in [2.05, 4.69) is 20.8 Å². The number of nitrogens with one attached hydrogen (secondary N) is 1. The number of amidine groups is 1. The van der Waals surface area contributed by atoms with E-state index < -0.39 is 5.82 Å². The molecule has 7 nitrogen and oxygen atoms in total. The summed E-state index contributed by atoms with van der Waals surface area (Å²) in [5, 5.41) is 8.54. The third kappa shape index (κ3) is 5.24. The van der Waals surface area contributed by atoms with Crippen LogP contribution in [0.5, 0.6) is 17.2 Å². The van der Waals surface area contributed by atoms with Crippen LogP contribution in [0.25, 0.3) is 0 Å². The zero-order valence-corrected chi connectivity index (χ0v) is 23.4. The van der Waals surface area contributed by atoms with Gasteiger partial charge in [0.15, 0.2) is 23.1 Å². The van der Waals surface area contributed by atoms with E-state index in [0.717, 1.165) is 23.5 Å². The molecule has 0 aliphatic carbocycles. The number of halogens is 2. The van der Waals surface area contributed by atoms with E-state index >= 15 is 4.39 Å². The van der Waals surface area contributed by atoms with Crippen LogP contribution >= 0.6 is 17.0 Å². The minimum Gasteiger partial charge on any atom is -0.494 e. The van der Waals surface area contributed by atoms with Crippen LogP contribution in [0.3, 0.4) is 0 Å². The van der Waals surface area contributed by atoms with Gasteiger partial charge in [0.2, 0.25) is 0 Å². The van der Waals surface area contributed by atoms with Crippen molar-refractivity contribution in [2.45, 2.75) is 39.7 Å². The summed E-state index contributed by atoms with van der Waals surface area (Å²) in [5.41, 5.74) is 2.77. The lowest BCUT2D eigenvalue weighted by Gasteiger charge is -2.28. The van der Waals surface area contributed by atoms with Crippen molar-refractivity contribution in [3.63, 3.8) is 0 Å². The summed E-state index contributed by atoms with van der Waals surface area (Å²) in [6.07, 6.45) is 0. The number of methoxy groups -OCH3 is 3. The van der Waals surface area contributed by atoms with Crippen molar-refractivity contribution in [3.05, 3.63) is 46.3 Å². The third-order valence-electron chi connectivity index (χ3n) is 6.23. The van der Waals surface area contributed by atoms with Crippen LogP contribution in [0, 0.1) is 11.2 Å². The normalized spacial score (nSPS) is 12.7. The molecule has 3 rings (SSSR count). The summed E-state index contributed by atoms with van der Waals surface area (Å²) in [4.78, 5) is 17.0. The molecule has 0 spiro atoms. The van der Waals surface area contributed by atoms with Gasteiger partial charge in [0, 0.05) is 31.3 Å². The topological polar surface area (TPSA) is 75.1 Å². The molecule has 0 bridgehead atoms. The molecule has 0 saturated carbocycles. The van der Waals surface area contributed by atoms with Gasteiger partial charge in [-0.25, -0.2) is 4.39 Å². The highest BCUT2D eigenvalue weighted by molar-refractivity contribution is 8.93. The second-order valence-corrected chi connectivity index (χ2v) is 9.43. The van der Waals surface area contributed by atoms with Crippen LogP contribution in [0.1, 0.15) is 54.7 Å². The van der Waals surface area contributed by atoms with Gasteiger partial charge in [-0.3, -0.25) is 10.2 Å². The lowest BCUT2D eigenvalue weighted by Crippen LogP contribution is -2.31. The number of anilines is 1. The van der Waals surface area contributed by atoms with E-state index in [4.69, 9.17) is 19.6 Å². The van der Waals surface area contributed by atoms with E-state index in [9.17, 15) is 4.79 Å². The summed E-state index contributed by atoms with van der Waals surface area (Å²) in [7, 11) is 6.38. The second-order valence-electron chi connectivity index (χ2n) is 9.43. The van der Waals surface area contributed by atoms with Crippen molar-refractivity contribution in [2.24, 2.45) is 0 Å². The molecule has 35 heavy (non-hydrogen) atoms. The van der Waals surface area contributed by atoms with Crippen LogP contribution in [0.4, 0.5) is 10.1 Å². The number of hydrogen-bond donors (Lipinski definition) is 1. The number of nitrogens with zero attached hydrogens (tertiary/aromatic N) is 2. The highest BCUT2D eigenvalue weighted by Gasteiger charge is 2.33. The first-order valence-corrected chi connectivity index (χ1v) is 11.2. The molecule has 0 unspecified atom stereocenters. The molecule has 1 heterocycles. The van der Waals surface area contributed by atoms with E-state index in [0.29, 0.717) is 11.1 Å². The number of benzene rings is 2. The monoisotopic (exact) mass is 551 g/mol. The first kappa shape index (κ1) is 28.4. The van der Waals surface area contributed by atoms with Gasteiger partial charge in [0.25, 0.3) is 0 Å². The van der Waals surface area contributed by atoms with E-state index in [1.807, 2.05) is 31.0 Å². The minimum atomic E-state index is -0.650. The Morgan fingerprint density at radius 2 is 1.74 bits per heavy atom. The van der Waals surface area contributed by atoms with E-state index in [1.165, 1.54) is 14.2 Å². The summed E-state index contributed by atoms with van der Waals surface area (Å²) in [6, 6.07) is 5.36. The van der Waals surface area contributed by atoms with Crippen molar-refractivity contribution < 1.29 is 23.4 Å². The average molecular weight is 552 g/mol. The highest BCUT2D eigenvalue weighted by atomic mass is 79.9. The number of ether oxygens (including phenoxy) is 3. The number of fused-ring (bicyclic) bond motifs is 1.